The van der Waals surface area contributed by atoms with Gasteiger partial charge < -0.3 is 24.5 Å². The second-order valence-corrected chi connectivity index (χ2v) is 10.1. The van der Waals surface area contributed by atoms with Crippen molar-refractivity contribution in [1.29, 1.82) is 0 Å². The van der Waals surface area contributed by atoms with E-state index in [0.29, 0.717) is 48.6 Å². The summed E-state index contributed by atoms with van der Waals surface area (Å²) in [4.78, 5) is 27.5. The van der Waals surface area contributed by atoms with Crippen molar-refractivity contribution in [2.24, 2.45) is 0 Å². The molecule has 1 amide bonds. The van der Waals surface area contributed by atoms with E-state index in [1.165, 1.54) is 19.4 Å². The highest BCUT2D eigenvalue weighted by Crippen LogP contribution is 2.38. The number of benzene rings is 1. The second kappa shape index (κ2) is 10.4. The average molecular weight is 533 g/mol. The molecule has 0 saturated carbocycles. The number of hydrogen-bond acceptors (Lipinski definition) is 8. The van der Waals surface area contributed by atoms with Crippen molar-refractivity contribution in [2.45, 2.75) is 57.3 Å². The molecule has 2 saturated heterocycles. The van der Waals surface area contributed by atoms with Crippen LogP contribution in [0.4, 0.5) is 15.1 Å². The predicted molar refractivity (Wildman–Crippen MR) is 136 cm³/mol. The van der Waals surface area contributed by atoms with Gasteiger partial charge in [0.1, 0.15) is 11.3 Å². The molecule has 3 aromatic rings. The van der Waals surface area contributed by atoms with Crippen molar-refractivity contribution in [3.8, 4) is 11.3 Å². The van der Waals surface area contributed by atoms with Crippen molar-refractivity contribution in [3.05, 3.63) is 35.0 Å². The van der Waals surface area contributed by atoms with E-state index in [-0.39, 0.29) is 41.2 Å². The number of nitrogens with zero attached hydrogens (tertiary/aromatic N) is 5. The lowest BCUT2D eigenvalue weighted by Gasteiger charge is -2.28. The Kier molecular flexibility index (Phi) is 7.19. The van der Waals surface area contributed by atoms with Gasteiger partial charge in [-0.25, -0.2) is 24.1 Å². The Morgan fingerprint density at radius 3 is 2.86 bits per heavy atom. The quantitative estimate of drug-likeness (QED) is 0.499. The van der Waals surface area contributed by atoms with E-state index in [0.717, 1.165) is 6.42 Å². The Bertz CT molecular complexity index is 1320. The smallest absolute Gasteiger partial charge is 0.410 e. The van der Waals surface area contributed by atoms with Gasteiger partial charge in [-0.05, 0) is 45.2 Å². The third-order valence-electron chi connectivity index (χ3n) is 6.91. The van der Waals surface area contributed by atoms with Crippen molar-refractivity contribution in [2.75, 3.05) is 32.2 Å². The number of aliphatic hydroxyl groups is 1. The number of carbonyl (C=O) groups is 1. The van der Waals surface area contributed by atoms with Crippen LogP contribution in [0.5, 0.6) is 0 Å². The molecule has 12 heteroatoms. The number of ether oxygens (including phenoxy) is 2. The zero-order valence-electron chi connectivity index (χ0n) is 20.9. The molecule has 0 bridgehead atoms. The third-order valence-corrected chi connectivity index (χ3v) is 7.19. The number of halogens is 2. The van der Waals surface area contributed by atoms with Crippen molar-refractivity contribution in [3.63, 3.8) is 0 Å². The number of nitrogens with one attached hydrogen (secondary N) is 1. The number of amides is 1. The average Bonchev–Trinajstić information content (AvgIpc) is 3.51. The largest absolute Gasteiger partial charge is 0.453 e. The fourth-order valence-corrected chi connectivity index (χ4v) is 5.35. The number of aliphatic hydroxyl groups excluding tert-OH is 1. The zero-order chi connectivity index (χ0) is 26.3. The number of carbonyl (C=O) groups excluding carboxylic acids is 1. The van der Waals surface area contributed by atoms with Gasteiger partial charge in [0, 0.05) is 24.8 Å². The summed E-state index contributed by atoms with van der Waals surface area (Å²) in [5, 5.41) is 13.6. The summed E-state index contributed by atoms with van der Waals surface area (Å²) in [5.41, 5.74) is 1.63. The lowest BCUT2D eigenvalue weighted by atomic mass is 10.1. The van der Waals surface area contributed by atoms with Crippen molar-refractivity contribution < 1.29 is 23.8 Å². The molecule has 2 N–H and O–H groups in total. The van der Waals surface area contributed by atoms with Gasteiger partial charge in [-0.3, -0.25) is 4.90 Å². The standard InChI is InChI=1S/C25H30ClFN6O4/c1-13(2)33-19-10-14(21-15(26)11-28-24(31-21)29-17-6-8-37-12-20(17)34)9-16(27)22(19)30-23(33)18-5-4-7-32(18)25(35)36-3/h9-11,13,17-18,20,34H,4-8,12H2,1-3H3,(H,28,29,31)/t17-,18+,20-/m1/s1. The summed E-state index contributed by atoms with van der Waals surface area (Å²) >= 11 is 6.46. The molecule has 1 aromatic carbocycles. The Balaban J connectivity index is 1.57. The molecule has 2 fully saturated rings. The minimum Gasteiger partial charge on any atom is -0.453 e. The topological polar surface area (TPSA) is 115 Å². The molecule has 0 spiro atoms. The first-order valence-corrected chi connectivity index (χ1v) is 12.8. The van der Waals surface area contributed by atoms with Gasteiger partial charge in [-0.2, -0.15) is 0 Å². The number of likely N-dealkylation sites (tertiary alicyclic amines) is 1. The van der Waals surface area contributed by atoms with Crippen molar-refractivity contribution >= 4 is 34.7 Å². The van der Waals surface area contributed by atoms with Gasteiger partial charge >= 0.3 is 6.09 Å². The molecule has 198 valence electrons. The van der Waals surface area contributed by atoms with Crippen LogP contribution in [0.15, 0.2) is 18.3 Å². The molecule has 0 unspecified atom stereocenters. The highest BCUT2D eigenvalue weighted by molar-refractivity contribution is 6.33. The fraction of sp³-hybridized carbons (Fsp3) is 0.520. The molecular formula is C25H30ClFN6O4. The van der Waals surface area contributed by atoms with Crippen LogP contribution in [0.3, 0.4) is 0 Å². The number of fused-ring (bicyclic) bond motifs is 1. The van der Waals surface area contributed by atoms with E-state index in [9.17, 15) is 9.90 Å². The third kappa shape index (κ3) is 4.83. The van der Waals surface area contributed by atoms with Crippen LogP contribution in [0.2, 0.25) is 5.02 Å². The molecule has 2 aromatic heterocycles. The lowest BCUT2D eigenvalue weighted by molar-refractivity contribution is -0.0136. The number of imidazole rings is 1. The summed E-state index contributed by atoms with van der Waals surface area (Å²) in [7, 11) is 1.35. The molecule has 4 heterocycles. The van der Waals surface area contributed by atoms with Gasteiger partial charge in [0.2, 0.25) is 5.95 Å². The van der Waals surface area contributed by atoms with E-state index in [4.69, 9.17) is 21.1 Å². The minimum absolute atomic E-state index is 0.0529. The Hall–Kier alpha value is -3.02. The number of hydrogen-bond donors (Lipinski definition) is 2. The van der Waals surface area contributed by atoms with Crippen LogP contribution in [-0.2, 0) is 9.47 Å². The molecule has 10 nitrogen and oxygen atoms in total. The molecule has 37 heavy (non-hydrogen) atoms. The first-order valence-electron chi connectivity index (χ1n) is 12.4. The van der Waals surface area contributed by atoms with E-state index in [1.807, 2.05) is 24.5 Å². The zero-order valence-corrected chi connectivity index (χ0v) is 21.7. The Morgan fingerprint density at radius 2 is 2.14 bits per heavy atom. The monoisotopic (exact) mass is 532 g/mol. The number of methoxy groups -OCH3 is 1. The van der Waals surface area contributed by atoms with Gasteiger partial charge in [-0.1, -0.05) is 11.6 Å². The maximum atomic E-state index is 15.5. The van der Waals surface area contributed by atoms with Gasteiger partial charge in [-0.15, -0.1) is 0 Å². The van der Waals surface area contributed by atoms with Crippen LogP contribution >= 0.6 is 11.6 Å². The van der Waals surface area contributed by atoms with E-state index >= 15 is 4.39 Å². The first kappa shape index (κ1) is 25.6. The minimum atomic E-state index is -0.691. The number of aromatic nitrogens is 4. The number of anilines is 1. The van der Waals surface area contributed by atoms with Crippen LogP contribution < -0.4 is 5.32 Å². The molecule has 0 aliphatic carbocycles. The number of rotatable bonds is 5. The molecule has 2 aliphatic heterocycles. The van der Waals surface area contributed by atoms with E-state index < -0.39 is 18.0 Å². The molecular weight excluding hydrogens is 503 g/mol. The first-order chi connectivity index (χ1) is 17.8. The molecule has 0 radical (unpaired) electrons. The van der Waals surface area contributed by atoms with Crippen LogP contribution in [-0.4, -0.2) is 74.6 Å². The highest BCUT2D eigenvalue weighted by Gasteiger charge is 2.35. The van der Waals surface area contributed by atoms with Gasteiger partial charge in [0.05, 0.1) is 54.3 Å². The van der Waals surface area contributed by atoms with E-state index in [2.05, 4.69) is 20.3 Å². The van der Waals surface area contributed by atoms with Crippen LogP contribution in [0, 0.1) is 5.82 Å². The Labute approximate surface area is 218 Å². The van der Waals surface area contributed by atoms with Crippen molar-refractivity contribution in [1.82, 2.24) is 24.4 Å². The molecule has 5 rings (SSSR count). The summed E-state index contributed by atoms with van der Waals surface area (Å²) in [6.45, 7) is 5.29. The molecule has 3 atom stereocenters. The van der Waals surface area contributed by atoms with Crippen LogP contribution in [0.25, 0.3) is 22.3 Å². The van der Waals surface area contributed by atoms with Gasteiger partial charge in [0.25, 0.3) is 0 Å². The summed E-state index contributed by atoms with van der Waals surface area (Å²) < 4.78 is 27.7. The maximum Gasteiger partial charge on any atom is 0.410 e. The molecule has 2 aliphatic rings. The maximum absolute atomic E-state index is 15.5. The summed E-state index contributed by atoms with van der Waals surface area (Å²) in [6, 6.07) is 2.54. The predicted octanol–water partition coefficient (Wildman–Crippen LogP) is 4.33. The Morgan fingerprint density at radius 1 is 1.32 bits per heavy atom. The summed E-state index contributed by atoms with van der Waals surface area (Å²) in [5.74, 6) is 0.386. The van der Waals surface area contributed by atoms with E-state index in [1.54, 1.807) is 4.90 Å². The lowest BCUT2D eigenvalue weighted by Crippen LogP contribution is -2.42. The SMILES string of the molecule is COC(=O)N1CCC[C@H]1c1nc2c(F)cc(-c3nc(N[C@@H]4CCOC[C@H]4O)ncc3Cl)cc2n1C(C)C. The van der Waals surface area contributed by atoms with Gasteiger partial charge in [0.15, 0.2) is 5.82 Å². The highest BCUT2D eigenvalue weighted by atomic mass is 35.5. The second-order valence-electron chi connectivity index (χ2n) is 9.65. The normalized spacial score (nSPS) is 22.1. The van der Waals surface area contributed by atoms with Crippen LogP contribution in [0.1, 0.15) is 51.0 Å². The summed E-state index contributed by atoms with van der Waals surface area (Å²) in [6.07, 6.45) is 2.46. The fourth-order valence-electron chi connectivity index (χ4n) is 5.15.